The van der Waals surface area contributed by atoms with Gasteiger partial charge in [0.25, 0.3) is 0 Å². The van der Waals surface area contributed by atoms with Gasteiger partial charge in [-0.05, 0) is 13.0 Å². The largest absolute Gasteiger partial charge is 0.330 e. The minimum atomic E-state index is 0. The molecule has 0 aliphatic rings. The monoisotopic (exact) mass is 195 g/mol. The Labute approximate surface area is 76.9 Å². The van der Waals surface area contributed by atoms with Crippen molar-refractivity contribution in [3.63, 3.8) is 0 Å². The summed E-state index contributed by atoms with van der Waals surface area (Å²) in [7, 11) is 0. The van der Waals surface area contributed by atoms with E-state index in [1.807, 2.05) is 0 Å². The smallest absolute Gasteiger partial charge is 0.0785 e. The Balaban J connectivity index is 0.000001000. The third-order valence-electron chi connectivity index (χ3n) is 1.19. The Morgan fingerprint density at radius 2 is 2.36 bits per heavy atom. The van der Waals surface area contributed by atoms with Crippen molar-refractivity contribution in [2.45, 2.75) is 13.0 Å². The van der Waals surface area contributed by atoms with Crippen LogP contribution < -0.4 is 5.73 Å². The van der Waals surface area contributed by atoms with Crippen LogP contribution >= 0.6 is 24.0 Å². The lowest BCUT2D eigenvalue weighted by molar-refractivity contribution is 0.585. The molecule has 11 heavy (non-hydrogen) atoms. The maximum Gasteiger partial charge on any atom is 0.0785 e. The van der Waals surface area contributed by atoms with E-state index in [1.165, 1.54) is 0 Å². The first-order chi connectivity index (χ1) is 4.83. The van der Waals surface area contributed by atoms with Crippen LogP contribution in [0, 0.1) is 0 Å². The van der Waals surface area contributed by atoms with E-state index in [2.05, 4.69) is 5.10 Å². The highest BCUT2D eigenvalue weighted by Crippen LogP contribution is 2.04. The molecule has 0 aromatic carbocycles. The fraction of sp³-hybridized carbons (Fsp3) is 0.500. The lowest BCUT2D eigenvalue weighted by atomic mass is 10.4. The predicted octanol–water partition coefficient (Wildman–Crippen LogP) is 1.31. The molecule has 3 nitrogen and oxygen atoms in total. The van der Waals surface area contributed by atoms with Gasteiger partial charge in [-0.3, -0.25) is 4.68 Å². The van der Waals surface area contributed by atoms with E-state index >= 15 is 0 Å². The molecule has 64 valence electrons. The number of nitrogens with zero attached hydrogens (tertiary/aromatic N) is 2. The maximum absolute atomic E-state index is 5.62. The number of halogens is 2. The van der Waals surface area contributed by atoms with Crippen molar-refractivity contribution in [1.82, 2.24) is 9.78 Å². The van der Waals surface area contributed by atoms with Crippen molar-refractivity contribution < 1.29 is 0 Å². The molecule has 0 bridgehead atoms. The van der Waals surface area contributed by atoms with Gasteiger partial charge in [0, 0.05) is 12.7 Å². The summed E-state index contributed by atoms with van der Waals surface area (Å²) in [5.41, 5.74) is 5.31. The molecule has 0 saturated carbocycles. The topological polar surface area (TPSA) is 43.8 Å². The second-order valence-corrected chi connectivity index (χ2v) is 2.50. The Morgan fingerprint density at radius 1 is 1.64 bits per heavy atom. The van der Waals surface area contributed by atoms with Crippen LogP contribution in [0.25, 0.3) is 0 Å². The molecule has 1 heterocycles. The van der Waals surface area contributed by atoms with E-state index in [0.29, 0.717) is 11.6 Å². The maximum atomic E-state index is 5.62. The minimum Gasteiger partial charge on any atom is -0.330 e. The third-order valence-corrected chi connectivity index (χ3v) is 1.39. The first-order valence-electron chi connectivity index (χ1n) is 3.21. The van der Waals surface area contributed by atoms with Crippen molar-refractivity contribution >= 4 is 24.0 Å². The van der Waals surface area contributed by atoms with E-state index in [9.17, 15) is 0 Å². The van der Waals surface area contributed by atoms with Crippen molar-refractivity contribution in [1.29, 1.82) is 0 Å². The Bertz CT molecular complexity index is 199. The molecule has 0 amide bonds. The van der Waals surface area contributed by atoms with Gasteiger partial charge in [0.2, 0.25) is 0 Å². The van der Waals surface area contributed by atoms with E-state index in [0.717, 1.165) is 13.0 Å². The zero-order valence-electron chi connectivity index (χ0n) is 6.03. The normalized spacial score (nSPS) is 9.27. The number of aryl methyl sites for hydroxylation is 1. The van der Waals surface area contributed by atoms with E-state index in [-0.39, 0.29) is 12.4 Å². The van der Waals surface area contributed by atoms with Crippen LogP contribution in [0.3, 0.4) is 0 Å². The summed E-state index contributed by atoms with van der Waals surface area (Å²) in [4.78, 5) is 0. The van der Waals surface area contributed by atoms with Gasteiger partial charge in [-0.15, -0.1) is 12.4 Å². The molecule has 0 saturated heterocycles. The van der Waals surface area contributed by atoms with Crippen LogP contribution in [-0.2, 0) is 6.54 Å². The second-order valence-electron chi connectivity index (χ2n) is 2.06. The zero-order chi connectivity index (χ0) is 7.40. The quantitative estimate of drug-likeness (QED) is 0.791. The molecule has 1 rings (SSSR count). The highest BCUT2D eigenvalue weighted by Gasteiger charge is 1.92. The lowest BCUT2D eigenvalue weighted by Gasteiger charge is -1.96. The predicted molar refractivity (Wildman–Crippen MR) is 48.2 cm³/mol. The summed E-state index contributed by atoms with van der Waals surface area (Å²) in [6.45, 7) is 1.54. The fourth-order valence-corrected chi connectivity index (χ4v) is 0.870. The standard InChI is InChI=1S/C6H10ClN3.ClH/c7-6-4-9-10(5-6)3-1-2-8;/h4-5H,1-3,8H2;1H. The van der Waals surface area contributed by atoms with Crippen molar-refractivity contribution in [2.24, 2.45) is 5.73 Å². The summed E-state index contributed by atoms with van der Waals surface area (Å²) < 4.78 is 1.79. The summed E-state index contributed by atoms with van der Waals surface area (Å²) in [5, 5.41) is 4.66. The molecule has 1 aromatic rings. The number of nitrogens with two attached hydrogens (primary N) is 1. The average molecular weight is 196 g/mol. The highest BCUT2D eigenvalue weighted by molar-refractivity contribution is 6.30. The molecule has 1 aromatic heterocycles. The van der Waals surface area contributed by atoms with Crippen LogP contribution in [0.2, 0.25) is 5.02 Å². The molecule has 0 unspecified atom stereocenters. The number of rotatable bonds is 3. The minimum absolute atomic E-state index is 0. The molecule has 0 spiro atoms. The molecule has 0 fully saturated rings. The van der Waals surface area contributed by atoms with Crippen molar-refractivity contribution in [3.05, 3.63) is 17.4 Å². The van der Waals surface area contributed by atoms with Gasteiger partial charge < -0.3 is 5.73 Å². The molecular formula is C6H11Cl2N3. The molecule has 0 radical (unpaired) electrons. The fourth-order valence-electron chi connectivity index (χ4n) is 0.714. The van der Waals surface area contributed by atoms with Crippen LogP contribution in [0.15, 0.2) is 12.4 Å². The van der Waals surface area contributed by atoms with E-state index in [1.54, 1.807) is 17.1 Å². The van der Waals surface area contributed by atoms with Gasteiger partial charge in [-0.1, -0.05) is 11.6 Å². The Hall–Kier alpha value is -0.250. The third kappa shape index (κ3) is 3.60. The Morgan fingerprint density at radius 3 is 2.82 bits per heavy atom. The average Bonchev–Trinajstić information content (AvgIpc) is 2.31. The number of hydrogen-bond donors (Lipinski definition) is 1. The van der Waals surface area contributed by atoms with Gasteiger partial charge in [0.15, 0.2) is 0 Å². The van der Waals surface area contributed by atoms with Crippen LogP contribution in [-0.4, -0.2) is 16.3 Å². The van der Waals surface area contributed by atoms with Crippen molar-refractivity contribution in [3.8, 4) is 0 Å². The summed E-state index contributed by atoms with van der Waals surface area (Å²) >= 11 is 5.62. The van der Waals surface area contributed by atoms with E-state index in [4.69, 9.17) is 17.3 Å². The Kier molecular flexibility index (Phi) is 5.28. The second kappa shape index (κ2) is 5.41. The lowest BCUT2D eigenvalue weighted by Crippen LogP contribution is -2.05. The van der Waals surface area contributed by atoms with Crippen LogP contribution in [0.4, 0.5) is 0 Å². The van der Waals surface area contributed by atoms with Crippen LogP contribution in [0.1, 0.15) is 6.42 Å². The molecule has 5 heteroatoms. The van der Waals surface area contributed by atoms with Crippen molar-refractivity contribution in [2.75, 3.05) is 6.54 Å². The molecule has 0 atom stereocenters. The molecule has 0 aliphatic heterocycles. The number of hydrogen-bond acceptors (Lipinski definition) is 2. The first-order valence-corrected chi connectivity index (χ1v) is 3.59. The summed E-state index contributed by atoms with van der Waals surface area (Å²) in [5.74, 6) is 0. The summed E-state index contributed by atoms with van der Waals surface area (Å²) in [6, 6.07) is 0. The van der Waals surface area contributed by atoms with Crippen LogP contribution in [0.5, 0.6) is 0 Å². The van der Waals surface area contributed by atoms with Gasteiger partial charge >= 0.3 is 0 Å². The highest BCUT2D eigenvalue weighted by atomic mass is 35.5. The summed E-state index contributed by atoms with van der Waals surface area (Å²) in [6.07, 6.45) is 4.35. The number of aromatic nitrogens is 2. The van der Waals surface area contributed by atoms with Gasteiger partial charge in [-0.2, -0.15) is 5.10 Å². The molecular weight excluding hydrogens is 185 g/mol. The van der Waals surface area contributed by atoms with Gasteiger partial charge in [0.1, 0.15) is 0 Å². The van der Waals surface area contributed by atoms with E-state index < -0.39 is 0 Å². The van der Waals surface area contributed by atoms with Gasteiger partial charge in [-0.25, -0.2) is 0 Å². The van der Waals surface area contributed by atoms with Gasteiger partial charge in [0.05, 0.1) is 11.2 Å². The first kappa shape index (κ1) is 10.8. The SMILES string of the molecule is Cl.NCCCn1cc(Cl)cn1. The molecule has 0 aliphatic carbocycles. The zero-order valence-corrected chi connectivity index (χ0v) is 7.61. The molecule has 2 N–H and O–H groups in total.